The highest BCUT2D eigenvalue weighted by Gasteiger charge is 2.33. The van der Waals surface area contributed by atoms with Crippen LogP contribution in [-0.4, -0.2) is 49.7 Å². The summed E-state index contributed by atoms with van der Waals surface area (Å²) in [6, 6.07) is 0.621. The van der Waals surface area contributed by atoms with Crippen molar-refractivity contribution in [3.05, 3.63) is 0 Å². The van der Waals surface area contributed by atoms with Crippen molar-refractivity contribution in [3.8, 4) is 0 Å². The van der Waals surface area contributed by atoms with Crippen molar-refractivity contribution in [2.24, 2.45) is 5.92 Å². The second-order valence-corrected chi connectivity index (χ2v) is 6.17. The molecule has 1 unspecified atom stereocenters. The maximum absolute atomic E-state index is 11.8. The van der Waals surface area contributed by atoms with Gasteiger partial charge in [0.2, 0.25) is 0 Å². The van der Waals surface area contributed by atoms with Crippen molar-refractivity contribution in [2.45, 2.75) is 64.0 Å². The molecule has 1 aliphatic carbocycles. The molecule has 0 bridgehead atoms. The highest BCUT2D eigenvalue weighted by Crippen LogP contribution is 2.35. The Kier molecular flexibility index (Phi) is 6.30. The maximum atomic E-state index is 11.8. The number of rotatable bonds is 6. The number of nitrogens with zero attached hydrogens (tertiary/aromatic N) is 1. The lowest BCUT2D eigenvalue weighted by molar-refractivity contribution is -0.145. The van der Waals surface area contributed by atoms with E-state index in [9.17, 15) is 4.79 Å². The van der Waals surface area contributed by atoms with Crippen LogP contribution < -0.4 is 5.32 Å². The number of carbonyl (C=O) groups excluding carboxylic acids is 1. The number of hydrogen-bond acceptors (Lipinski definition) is 4. The Labute approximate surface area is 123 Å². The van der Waals surface area contributed by atoms with Gasteiger partial charge in [0, 0.05) is 12.6 Å². The third-order valence-corrected chi connectivity index (χ3v) is 4.98. The zero-order valence-electron chi connectivity index (χ0n) is 13.1. The first kappa shape index (κ1) is 15.8. The van der Waals surface area contributed by atoms with E-state index in [1.807, 2.05) is 14.0 Å². The number of hydrogen-bond donors (Lipinski definition) is 1. The molecule has 0 spiro atoms. The summed E-state index contributed by atoms with van der Waals surface area (Å²) in [5.41, 5.74) is 0. The molecule has 1 saturated carbocycles. The lowest BCUT2D eigenvalue weighted by Crippen LogP contribution is -2.48. The van der Waals surface area contributed by atoms with E-state index < -0.39 is 0 Å². The zero-order valence-corrected chi connectivity index (χ0v) is 13.1. The first-order valence-corrected chi connectivity index (χ1v) is 8.34. The minimum atomic E-state index is -0.154. The van der Waals surface area contributed by atoms with E-state index in [-0.39, 0.29) is 12.0 Å². The molecule has 0 aromatic carbocycles. The number of esters is 1. The van der Waals surface area contributed by atoms with E-state index in [1.54, 1.807) is 0 Å². The zero-order chi connectivity index (χ0) is 14.4. The Balaban J connectivity index is 1.83. The van der Waals surface area contributed by atoms with Crippen LogP contribution in [-0.2, 0) is 9.53 Å². The van der Waals surface area contributed by atoms with Crippen molar-refractivity contribution in [1.82, 2.24) is 10.2 Å². The van der Waals surface area contributed by atoms with E-state index in [0.717, 1.165) is 24.9 Å². The number of piperidine rings is 1. The largest absolute Gasteiger partial charge is 0.465 e. The van der Waals surface area contributed by atoms with Gasteiger partial charge >= 0.3 is 5.97 Å². The first-order valence-electron chi connectivity index (χ1n) is 8.34. The molecule has 20 heavy (non-hydrogen) atoms. The van der Waals surface area contributed by atoms with Crippen molar-refractivity contribution < 1.29 is 9.53 Å². The fraction of sp³-hybridized carbons (Fsp3) is 0.938. The summed E-state index contributed by atoms with van der Waals surface area (Å²) < 4.78 is 5.12. The van der Waals surface area contributed by atoms with Gasteiger partial charge in [0.1, 0.15) is 6.04 Å². The average Bonchev–Trinajstić information content (AvgIpc) is 2.48. The van der Waals surface area contributed by atoms with Crippen LogP contribution in [0.1, 0.15) is 51.9 Å². The van der Waals surface area contributed by atoms with E-state index in [2.05, 4.69) is 10.2 Å². The van der Waals surface area contributed by atoms with Crippen LogP contribution in [0.2, 0.25) is 0 Å². The van der Waals surface area contributed by atoms with Crippen LogP contribution >= 0.6 is 0 Å². The highest BCUT2D eigenvalue weighted by molar-refractivity contribution is 5.75. The minimum absolute atomic E-state index is 0.104. The van der Waals surface area contributed by atoms with Gasteiger partial charge < -0.3 is 15.0 Å². The molecule has 1 heterocycles. The molecule has 2 aliphatic rings. The predicted molar refractivity (Wildman–Crippen MR) is 80.7 cm³/mol. The third-order valence-electron chi connectivity index (χ3n) is 4.98. The van der Waals surface area contributed by atoms with Gasteiger partial charge in [-0.3, -0.25) is 4.79 Å². The lowest BCUT2D eigenvalue weighted by atomic mass is 9.78. The molecule has 4 nitrogen and oxygen atoms in total. The fourth-order valence-electron chi connectivity index (χ4n) is 3.92. The molecular weight excluding hydrogens is 252 g/mol. The van der Waals surface area contributed by atoms with Gasteiger partial charge in [-0.25, -0.2) is 0 Å². The van der Waals surface area contributed by atoms with Gasteiger partial charge in [0.25, 0.3) is 0 Å². The second-order valence-electron chi connectivity index (χ2n) is 6.17. The van der Waals surface area contributed by atoms with E-state index in [0.29, 0.717) is 6.61 Å². The smallest absolute Gasteiger partial charge is 0.323 e. The van der Waals surface area contributed by atoms with E-state index in [4.69, 9.17) is 4.74 Å². The first-order chi connectivity index (χ1) is 9.76. The minimum Gasteiger partial charge on any atom is -0.465 e. The second kappa shape index (κ2) is 7.99. The summed E-state index contributed by atoms with van der Waals surface area (Å²) >= 11 is 0. The van der Waals surface area contributed by atoms with Crippen LogP contribution in [0.3, 0.4) is 0 Å². The summed E-state index contributed by atoms with van der Waals surface area (Å²) in [5.74, 6) is 0.806. The van der Waals surface area contributed by atoms with Crippen molar-refractivity contribution >= 4 is 5.97 Å². The Hall–Kier alpha value is -0.610. The summed E-state index contributed by atoms with van der Waals surface area (Å²) in [6.07, 6.45) is 9.16. The van der Waals surface area contributed by atoms with Crippen LogP contribution in [0, 0.1) is 5.92 Å². The van der Waals surface area contributed by atoms with Crippen LogP contribution in [0.4, 0.5) is 0 Å². The van der Waals surface area contributed by atoms with Gasteiger partial charge in [0.05, 0.1) is 6.61 Å². The van der Waals surface area contributed by atoms with Gasteiger partial charge in [-0.15, -0.1) is 0 Å². The maximum Gasteiger partial charge on any atom is 0.323 e. The monoisotopic (exact) mass is 282 g/mol. The van der Waals surface area contributed by atoms with Crippen LogP contribution in [0.25, 0.3) is 0 Å². The molecule has 2 fully saturated rings. The van der Waals surface area contributed by atoms with Gasteiger partial charge in [0.15, 0.2) is 0 Å². The van der Waals surface area contributed by atoms with Crippen molar-refractivity contribution in [1.29, 1.82) is 0 Å². The molecule has 4 heteroatoms. The number of likely N-dealkylation sites (tertiary alicyclic amines) is 1. The van der Waals surface area contributed by atoms with Crippen LogP contribution in [0.15, 0.2) is 0 Å². The van der Waals surface area contributed by atoms with E-state index >= 15 is 0 Å². The summed E-state index contributed by atoms with van der Waals surface area (Å²) in [5, 5.41) is 3.10. The van der Waals surface area contributed by atoms with Gasteiger partial charge in [-0.05, 0) is 58.5 Å². The molecule has 0 aromatic rings. The Morgan fingerprint density at radius 3 is 2.80 bits per heavy atom. The molecule has 2 rings (SSSR count). The Morgan fingerprint density at radius 2 is 2.05 bits per heavy atom. The highest BCUT2D eigenvalue weighted by atomic mass is 16.5. The number of likely N-dealkylation sites (N-methyl/N-ethyl adjacent to an activating group) is 1. The molecule has 1 aliphatic heterocycles. The van der Waals surface area contributed by atoms with E-state index in [1.165, 1.54) is 45.1 Å². The molecule has 3 atom stereocenters. The molecule has 1 saturated heterocycles. The Morgan fingerprint density at radius 1 is 1.30 bits per heavy atom. The molecule has 0 amide bonds. The standard InChI is InChI=1S/C16H30N2O2/c1-3-20-16(19)14(17-2)10-12-18-11-6-8-13-7-4-5-9-15(13)18/h13-15,17H,3-12H2,1-2H3/t13-,14?,15-/m1/s1. The van der Waals surface area contributed by atoms with Gasteiger partial charge in [-0.1, -0.05) is 12.8 Å². The quantitative estimate of drug-likeness (QED) is 0.758. The topological polar surface area (TPSA) is 41.6 Å². The number of nitrogens with one attached hydrogen (secondary N) is 1. The predicted octanol–water partition coefficient (Wildman–Crippen LogP) is 2.18. The molecule has 116 valence electrons. The lowest BCUT2D eigenvalue weighted by Gasteiger charge is -2.44. The third kappa shape index (κ3) is 3.95. The molecule has 0 aromatic heterocycles. The summed E-state index contributed by atoms with van der Waals surface area (Å²) in [6.45, 7) is 4.55. The average molecular weight is 282 g/mol. The van der Waals surface area contributed by atoms with Crippen LogP contribution in [0.5, 0.6) is 0 Å². The summed E-state index contributed by atoms with van der Waals surface area (Å²) in [4.78, 5) is 14.5. The van der Waals surface area contributed by atoms with Gasteiger partial charge in [-0.2, -0.15) is 0 Å². The summed E-state index contributed by atoms with van der Waals surface area (Å²) in [7, 11) is 1.85. The molecule has 0 radical (unpaired) electrons. The van der Waals surface area contributed by atoms with Crippen molar-refractivity contribution in [3.63, 3.8) is 0 Å². The van der Waals surface area contributed by atoms with Crippen molar-refractivity contribution in [2.75, 3.05) is 26.7 Å². The molecule has 1 N–H and O–H groups in total. The SMILES string of the molecule is CCOC(=O)C(CCN1CCC[C@H]2CCCC[C@H]21)NC. The Bertz CT molecular complexity index is 307. The normalized spacial score (nSPS) is 28.7. The number of fused-ring (bicyclic) bond motifs is 1. The number of carbonyl (C=O) groups is 1. The number of ether oxygens (including phenoxy) is 1. The fourth-order valence-corrected chi connectivity index (χ4v) is 3.92. The molecular formula is C16H30N2O2.